The summed E-state index contributed by atoms with van der Waals surface area (Å²) >= 11 is 6.11. The highest BCUT2D eigenvalue weighted by Gasteiger charge is 2.25. The molecular formula is C18H27ClFN3O. The van der Waals surface area contributed by atoms with Crippen LogP contribution in [0.4, 0.5) is 4.39 Å². The third-order valence-electron chi connectivity index (χ3n) is 4.82. The van der Waals surface area contributed by atoms with Crippen molar-refractivity contribution < 1.29 is 9.18 Å². The van der Waals surface area contributed by atoms with E-state index in [0.717, 1.165) is 37.9 Å². The number of likely N-dealkylation sites (tertiary alicyclic amines) is 1. The Labute approximate surface area is 148 Å². The molecule has 1 saturated heterocycles. The molecule has 0 saturated carbocycles. The lowest BCUT2D eigenvalue weighted by Crippen LogP contribution is -2.53. The lowest BCUT2D eigenvalue weighted by Gasteiger charge is -2.34. The maximum absolute atomic E-state index is 13.1. The molecule has 0 aliphatic carbocycles. The summed E-state index contributed by atoms with van der Waals surface area (Å²) < 4.78 is 13.1. The number of piperidine rings is 1. The van der Waals surface area contributed by atoms with Gasteiger partial charge in [0.1, 0.15) is 5.82 Å². The first kappa shape index (κ1) is 19.2. The van der Waals surface area contributed by atoms with Crippen LogP contribution < -0.4 is 11.1 Å². The van der Waals surface area contributed by atoms with E-state index in [1.807, 2.05) is 13.8 Å². The molecule has 24 heavy (non-hydrogen) atoms. The van der Waals surface area contributed by atoms with Crippen molar-refractivity contribution in [3.05, 3.63) is 34.6 Å². The van der Waals surface area contributed by atoms with E-state index >= 15 is 0 Å². The molecule has 3 unspecified atom stereocenters. The van der Waals surface area contributed by atoms with Gasteiger partial charge in [-0.25, -0.2) is 4.39 Å². The number of nitrogens with zero attached hydrogens (tertiary/aromatic N) is 1. The molecule has 0 radical (unpaired) electrons. The SMILES string of the molecule is CCC(C)C(N)C(=O)NC1CCCN(Cc2ccc(F)cc2Cl)C1. The van der Waals surface area contributed by atoms with Crippen molar-refractivity contribution >= 4 is 17.5 Å². The van der Waals surface area contributed by atoms with Gasteiger partial charge in [-0.1, -0.05) is 37.9 Å². The van der Waals surface area contributed by atoms with E-state index in [1.54, 1.807) is 6.07 Å². The molecule has 6 heteroatoms. The second kappa shape index (κ2) is 8.79. The number of nitrogens with two attached hydrogens (primary N) is 1. The molecule has 4 nitrogen and oxygen atoms in total. The van der Waals surface area contributed by atoms with E-state index in [4.69, 9.17) is 17.3 Å². The van der Waals surface area contributed by atoms with Gasteiger partial charge in [-0.3, -0.25) is 9.69 Å². The third-order valence-corrected chi connectivity index (χ3v) is 5.17. The lowest BCUT2D eigenvalue weighted by molar-refractivity contribution is -0.124. The van der Waals surface area contributed by atoms with E-state index in [0.29, 0.717) is 11.6 Å². The van der Waals surface area contributed by atoms with Crippen LogP contribution in [-0.2, 0) is 11.3 Å². The number of carbonyl (C=O) groups excluding carboxylic acids is 1. The summed E-state index contributed by atoms with van der Waals surface area (Å²) in [6.45, 7) is 6.38. The molecule has 2 rings (SSSR count). The summed E-state index contributed by atoms with van der Waals surface area (Å²) in [5.74, 6) is -0.231. The number of rotatable bonds is 6. The van der Waals surface area contributed by atoms with Gasteiger partial charge in [0.2, 0.25) is 5.91 Å². The van der Waals surface area contributed by atoms with Crippen LogP contribution in [-0.4, -0.2) is 36.0 Å². The smallest absolute Gasteiger partial charge is 0.237 e. The molecule has 1 amide bonds. The zero-order valence-electron chi connectivity index (χ0n) is 14.4. The van der Waals surface area contributed by atoms with Crippen molar-refractivity contribution in [2.24, 2.45) is 11.7 Å². The van der Waals surface area contributed by atoms with E-state index in [2.05, 4.69) is 10.2 Å². The number of hydrogen-bond donors (Lipinski definition) is 2. The van der Waals surface area contributed by atoms with Crippen LogP contribution in [0.2, 0.25) is 5.02 Å². The second-order valence-corrected chi connectivity index (χ2v) is 7.14. The van der Waals surface area contributed by atoms with Gasteiger partial charge >= 0.3 is 0 Å². The quantitative estimate of drug-likeness (QED) is 0.824. The topological polar surface area (TPSA) is 58.4 Å². The lowest BCUT2D eigenvalue weighted by atomic mass is 9.98. The van der Waals surface area contributed by atoms with E-state index in [1.165, 1.54) is 12.1 Å². The number of carbonyl (C=O) groups is 1. The second-order valence-electron chi connectivity index (χ2n) is 6.73. The van der Waals surface area contributed by atoms with Gasteiger partial charge in [-0.15, -0.1) is 0 Å². The number of nitrogens with one attached hydrogen (secondary N) is 1. The van der Waals surface area contributed by atoms with Gasteiger partial charge in [0.15, 0.2) is 0 Å². The van der Waals surface area contributed by atoms with E-state index in [9.17, 15) is 9.18 Å². The minimum atomic E-state index is -0.461. The fourth-order valence-electron chi connectivity index (χ4n) is 3.02. The van der Waals surface area contributed by atoms with Gasteiger partial charge in [0.25, 0.3) is 0 Å². The molecule has 3 N–H and O–H groups in total. The van der Waals surface area contributed by atoms with Gasteiger partial charge < -0.3 is 11.1 Å². The van der Waals surface area contributed by atoms with Crippen LogP contribution >= 0.6 is 11.6 Å². The van der Waals surface area contributed by atoms with Crippen LogP contribution in [0.3, 0.4) is 0 Å². The summed E-state index contributed by atoms with van der Waals surface area (Å²) in [5.41, 5.74) is 6.91. The average molecular weight is 356 g/mol. The molecule has 1 aromatic rings. The molecule has 1 fully saturated rings. The van der Waals surface area contributed by atoms with Crippen LogP contribution in [0.25, 0.3) is 0 Å². The normalized spacial score (nSPS) is 21.3. The number of hydrogen-bond acceptors (Lipinski definition) is 3. The standard InChI is InChI=1S/C18H27ClFN3O/c1-3-12(2)17(21)18(24)22-15-5-4-8-23(11-15)10-13-6-7-14(20)9-16(13)19/h6-7,9,12,15,17H,3-5,8,10-11,21H2,1-2H3,(H,22,24). The zero-order valence-corrected chi connectivity index (χ0v) is 15.2. The van der Waals surface area contributed by atoms with Crippen LogP contribution in [0.5, 0.6) is 0 Å². The fraction of sp³-hybridized carbons (Fsp3) is 0.611. The Kier molecular flexibility index (Phi) is 7.02. The predicted octanol–water partition coefficient (Wildman–Crippen LogP) is 2.93. The van der Waals surface area contributed by atoms with Gasteiger partial charge in [0.05, 0.1) is 6.04 Å². The Hall–Kier alpha value is -1.17. The van der Waals surface area contributed by atoms with Crippen molar-refractivity contribution in [3.63, 3.8) is 0 Å². The summed E-state index contributed by atoms with van der Waals surface area (Å²) in [6, 6.07) is 4.12. The fourth-order valence-corrected chi connectivity index (χ4v) is 3.24. The summed E-state index contributed by atoms with van der Waals surface area (Å²) in [5, 5.41) is 3.52. The minimum absolute atomic E-state index is 0.0731. The number of amides is 1. The van der Waals surface area contributed by atoms with Gasteiger partial charge in [0, 0.05) is 24.2 Å². The van der Waals surface area contributed by atoms with Gasteiger partial charge in [-0.05, 0) is 43.0 Å². The maximum atomic E-state index is 13.1. The highest BCUT2D eigenvalue weighted by molar-refractivity contribution is 6.31. The Morgan fingerprint density at radius 1 is 1.54 bits per heavy atom. The van der Waals surface area contributed by atoms with E-state index < -0.39 is 6.04 Å². The Morgan fingerprint density at radius 2 is 2.29 bits per heavy atom. The Morgan fingerprint density at radius 3 is 2.96 bits per heavy atom. The largest absolute Gasteiger partial charge is 0.351 e. The molecule has 0 spiro atoms. The highest BCUT2D eigenvalue weighted by Crippen LogP contribution is 2.21. The average Bonchev–Trinajstić information content (AvgIpc) is 2.56. The van der Waals surface area contributed by atoms with Crippen LogP contribution in [0.15, 0.2) is 18.2 Å². The molecule has 1 aliphatic rings. The maximum Gasteiger partial charge on any atom is 0.237 e. The van der Waals surface area contributed by atoms with Crippen molar-refractivity contribution in [2.45, 2.75) is 51.7 Å². The minimum Gasteiger partial charge on any atom is -0.351 e. The summed E-state index contributed by atoms with van der Waals surface area (Å²) in [4.78, 5) is 14.5. The first-order valence-electron chi connectivity index (χ1n) is 8.63. The first-order valence-corrected chi connectivity index (χ1v) is 9.00. The third kappa shape index (κ3) is 5.16. The molecule has 0 bridgehead atoms. The highest BCUT2D eigenvalue weighted by atomic mass is 35.5. The van der Waals surface area contributed by atoms with Crippen molar-refractivity contribution in [1.82, 2.24) is 10.2 Å². The number of halogens is 2. The van der Waals surface area contributed by atoms with Crippen LogP contribution in [0, 0.1) is 11.7 Å². The van der Waals surface area contributed by atoms with Crippen LogP contribution in [0.1, 0.15) is 38.7 Å². The van der Waals surface area contributed by atoms with E-state index in [-0.39, 0.29) is 23.7 Å². The van der Waals surface area contributed by atoms with Crippen molar-refractivity contribution in [1.29, 1.82) is 0 Å². The molecule has 1 heterocycles. The van der Waals surface area contributed by atoms with Gasteiger partial charge in [-0.2, -0.15) is 0 Å². The Bertz CT molecular complexity index is 569. The van der Waals surface area contributed by atoms with Crippen molar-refractivity contribution in [2.75, 3.05) is 13.1 Å². The molecular weight excluding hydrogens is 329 g/mol. The first-order chi connectivity index (χ1) is 11.4. The molecule has 3 atom stereocenters. The van der Waals surface area contributed by atoms with Crippen molar-refractivity contribution in [3.8, 4) is 0 Å². The molecule has 0 aromatic heterocycles. The predicted molar refractivity (Wildman–Crippen MR) is 95.3 cm³/mol. The number of benzene rings is 1. The zero-order chi connectivity index (χ0) is 17.7. The monoisotopic (exact) mass is 355 g/mol. The summed E-state index contributed by atoms with van der Waals surface area (Å²) in [6.07, 6.45) is 2.84. The Balaban J connectivity index is 1.90. The summed E-state index contributed by atoms with van der Waals surface area (Å²) in [7, 11) is 0. The molecule has 1 aliphatic heterocycles. The molecule has 134 valence electrons. The molecule has 1 aromatic carbocycles.